The van der Waals surface area contributed by atoms with Gasteiger partial charge in [0.05, 0.1) is 17.6 Å². The number of amides is 1. The average Bonchev–Trinajstić information content (AvgIpc) is 2.42. The lowest BCUT2D eigenvalue weighted by molar-refractivity contribution is 0.102. The lowest BCUT2D eigenvalue weighted by Gasteiger charge is -2.10. The van der Waals surface area contributed by atoms with E-state index in [4.69, 9.17) is 5.73 Å². The molecule has 2 aromatic rings. The molecule has 0 aliphatic heterocycles. The topological polar surface area (TPSA) is 80.9 Å². The van der Waals surface area contributed by atoms with Crippen LogP contribution in [-0.2, 0) is 0 Å². The fourth-order valence-electron chi connectivity index (χ4n) is 1.64. The Bertz CT molecular complexity index is 691. The summed E-state index contributed by atoms with van der Waals surface area (Å²) in [5.74, 6) is -0.255. The third kappa shape index (κ3) is 3.55. The number of aromatic nitrogens is 2. The predicted molar refractivity (Wildman–Crippen MR) is 82.6 cm³/mol. The van der Waals surface area contributed by atoms with Gasteiger partial charge in [0, 0.05) is 10.4 Å². The SMILES string of the molecule is CC(C)c1ncc(N)c(C(=O)Nc2ccc(F)cc2Br)n1. The van der Waals surface area contributed by atoms with Crippen LogP contribution in [0.25, 0.3) is 0 Å². The van der Waals surface area contributed by atoms with Gasteiger partial charge in [0.2, 0.25) is 0 Å². The van der Waals surface area contributed by atoms with Gasteiger partial charge >= 0.3 is 0 Å². The van der Waals surface area contributed by atoms with Crippen LogP contribution in [0.1, 0.15) is 36.1 Å². The van der Waals surface area contributed by atoms with E-state index in [1.807, 2.05) is 13.8 Å². The van der Waals surface area contributed by atoms with E-state index < -0.39 is 11.7 Å². The standard InChI is InChI=1S/C14H14BrFN4O/c1-7(2)13-18-6-10(17)12(20-13)14(21)19-11-4-3-8(16)5-9(11)15/h3-7H,17H2,1-2H3,(H,19,21). The number of nitrogens with zero attached hydrogens (tertiary/aromatic N) is 2. The van der Waals surface area contributed by atoms with Gasteiger partial charge in [-0.15, -0.1) is 0 Å². The molecule has 0 aliphatic carbocycles. The maximum Gasteiger partial charge on any atom is 0.276 e. The molecule has 2 rings (SSSR count). The van der Waals surface area contributed by atoms with Gasteiger partial charge in [0.15, 0.2) is 5.69 Å². The molecule has 0 unspecified atom stereocenters. The highest BCUT2D eigenvalue weighted by Gasteiger charge is 2.16. The number of carbonyl (C=O) groups excluding carboxylic acids is 1. The van der Waals surface area contributed by atoms with Crippen molar-refractivity contribution in [1.82, 2.24) is 9.97 Å². The van der Waals surface area contributed by atoms with Gasteiger partial charge < -0.3 is 11.1 Å². The van der Waals surface area contributed by atoms with Crippen LogP contribution in [0.5, 0.6) is 0 Å². The summed E-state index contributed by atoms with van der Waals surface area (Å²) >= 11 is 3.19. The van der Waals surface area contributed by atoms with Crippen LogP contribution in [0, 0.1) is 5.82 Å². The van der Waals surface area contributed by atoms with Gasteiger partial charge in [-0.2, -0.15) is 0 Å². The van der Waals surface area contributed by atoms with Crippen LogP contribution < -0.4 is 11.1 Å². The summed E-state index contributed by atoms with van der Waals surface area (Å²) in [6.07, 6.45) is 1.41. The summed E-state index contributed by atoms with van der Waals surface area (Å²) in [4.78, 5) is 20.5. The maximum absolute atomic E-state index is 13.0. The first-order valence-electron chi connectivity index (χ1n) is 6.27. The number of hydrogen-bond donors (Lipinski definition) is 2. The smallest absolute Gasteiger partial charge is 0.276 e. The molecule has 5 nitrogen and oxygen atoms in total. The molecule has 110 valence electrons. The van der Waals surface area contributed by atoms with Crippen LogP contribution in [0.4, 0.5) is 15.8 Å². The minimum Gasteiger partial charge on any atom is -0.396 e. The Morgan fingerprint density at radius 2 is 2.14 bits per heavy atom. The van der Waals surface area contributed by atoms with E-state index in [9.17, 15) is 9.18 Å². The third-order valence-corrected chi connectivity index (χ3v) is 3.40. The largest absolute Gasteiger partial charge is 0.396 e. The number of benzene rings is 1. The quantitative estimate of drug-likeness (QED) is 0.887. The summed E-state index contributed by atoms with van der Waals surface area (Å²) in [5, 5.41) is 2.64. The van der Waals surface area contributed by atoms with Crippen LogP contribution in [0.15, 0.2) is 28.9 Å². The summed E-state index contributed by atoms with van der Waals surface area (Å²) in [5.41, 5.74) is 6.48. The zero-order valence-corrected chi connectivity index (χ0v) is 13.1. The van der Waals surface area contributed by atoms with Crippen molar-refractivity contribution in [2.75, 3.05) is 11.1 Å². The Balaban J connectivity index is 2.30. The first-order chi connectivity index (χ1) is 9.88. The monoisotopic (exact) mass is 352 g/mol. The number of carbonyl (C=O) groups is 1. The number of nitrogens with one attached hydrogen (secondary N) is 1. The highest BCUT2D eigenvalue weighted by atomic mass is 79.9. The molecule has 1 aromatic carbocycles. The lowest BCUT2D eigenvalue weighted by Crippen LogP contribution is -2.18. The van der Waals surface area contributed by atoms with Gasteiger partial charge in [-0.25, -0.2) is 14.4 Å². The third-order valence-electron chi connectivity index (χ3n) is 2.75. The number of hydrogen-bond acceptors (Lipinski definition) is 4. The maximum atomic E-state index is 13.0. The molecule has 0 saturated heterocycles. The van der Waals surface area contributed by atoms with Crippen molar-refractivity contribution in [2.24, 2.45) is 0 Å². The minimum absolute atomic E-state index is 0.0784. The molecular formula is C14H14BrFN4O. The van der Waals surface area contributed by atoms with Gasteiger partial charge in [0.1, 0.15) is 11.6 Å². The second-order valence-corrected chi connectivity index (χ2v) is 5.62. The van der Waals surface area contributed by atoms with E-state index in [0.29, 0.717) is 16.0 Å². The van der Waals surface area contributed by atoms with Gasteiger partial charge in [0.25, 0.3) is 5.91 Å². The van der Waals surface area contributed by atoms with Crippen molar-refractivity contribution in [2.45, 2.75) is 19.8 Å². The van der Waals surface area contributed by atoms with E-state index in [0.717, 1.165) is 0 Å². The summed E-state index contributed by atoms with van der Waals surface area (Å²) in [7, 11) is 0. The Morgan fingerprint density at radius 3 is 2.76 bits per heavy atom. The fraction of sp³-hybridized carbons (Fsp3) is 0.214. The molecule has 1 heterocycles. The van der Waals surface area contributed by atoms with Gasteiger partial charge in [-0.1, -0.05) is 13.8 Å². The minimum atomic E-state index is -0.468. The van der Waals surface area contributed by atoms with E-state index in [1.54, 1.807) is 0 Å². The van der Waals surface area contributed by atoms with Crippen LogP contribution in [0.2, 0.25) is 0 Å². The normalized spacial score (nSPS) is 10.7. The molecule has 3 N–H and O–H groups in total. The molecular weight excluding hydrogens is 339 g/mol. The Morgan fingerprint density at radius 1 is 1.43 bits per heavy atom. The Hall–Kier alpha value is -2.02. The molecule has 0 spiro atoms. The number of anilines is 2. The van der Waals surface area contributed by atoms with Crippen molar-refractivity contribution in [3.8, 4) is 0 Å². The highest BCUT2D eigenvalue weighted by Crippen LogP contribution is 2.24. The van der Waals surface area contributed by atoms with Crippen molar-refractivity contribution < 1.29 is 9.18 Å². The zero-order chi connectivity index (χ0) is 15.6. The fourth-order valence-corrected chi connectivity index (χ4v) is 2.09. The molecule has 21 heavy (non-hydrogen) atoms. The number of rotatable bonds is 3. The molecule has 0 bridgehead atoms. The van der Waals surface area contributed by atoms with Crippen molar-refractivity contribution >= 4 is 33.2 Å². The van der Waals surface area contributed by atoms with Crippen LogP contribution in [0.3, 0.4) is 0 Å². The zero-order valence-electron chi connectivity index (χ0n) is 11.5. The molecule has 7 heteroatoms. The first kappa shape index (κ1) is 15.4. The van der Waals surface area contributed by atoms with Gasteiger partial charge in [-0.05, 0) is 34.1 Å². The predicted octanol–water partition coefficient (Wildman–Crippen LogP) is 3.34. The van der Waals surface area contributed by atoms with Crippen molar-refractivity contribution in [3.05, 3.63) is 46.2 Å². The number of halogens is 2. The Kier molecular flexibility index (Phi) is 4.52. The van der Waals surface area contributed by atoms with Crippen molar-refractivity contribution in [3.63, 3.8) is 0 Å². The highest BCUT2D eigenvalue weighted by molar-refractivity contribution is 9.10. The second kappa shape index (κ2) is 6.17. The average molecular weight is 353 g/mol. The van der Waals surface area contributed by atoms with Crippen LogP contribution in [-0.4, -0.2) is 15.9 Å². The molecule has 0 saturated carbocycles. The van der Waals surface area contributed by atoms with Crippen LogP contribution >= 0.6 is 15.9 Å². The summed E-state index contributed by atoms with van der Waals surface area (Å²) in [6, 6.07) is 3.97. The summed E-state index contributed by atoms with van der Waals surface area (Å²) in [6.45, 7) is 3.84. The molecule has 1 aromatic heterocycles. The Labute approximate surface area is 129 Å². The van der Waals surface area contributed by atoms with Gasteiger partial charge in [-0.3, -0.25) is 4.79 Å². The van der Waals surface area contributed by atoms with E-state index in [-0.39, 0.29) is 17.3 Å². The van der Waals surface area contributed by atoms with Crippen molar-refractivity contribution in [1.29, 1.82) is 0 Å². The molecule has 0 radical (unpaired) electrons. The molecule has 0 aliphatic rings. The molecule has 0 atom stereocenters. The second-order valence-electron chi connectivity index (χ2n) is 4.77. The lowest BCUT2D eigenvalue weighted by atomic mass is 10.2. The van der Waals surface area contributed by atoms with E-state index >= 15 is 0 Å². The number of nitrogen functional groups attached to an aromatic ring is 1. The first-order valence-corrected chi connectivity index (χ1v) is 7.06. The molecule has 1 amide bonds. The van der Waals surface area contributed by atoms with E-state index in [1.165, 1.54) is 24.4 Å². The van der Waals surface area contributed by atoms with E-state index in [2.05, 4.69) is 31.2 Å². The molecule has 0 fully saturated rings. The summed E-state index contributed by atoms with van der Waals surface area (Å²) < 4.78 is 13.5. The number of nitrogens with two attached hydrogens (primary N) is 1.